The van der Waals surface area contributed by atoms with Gasteiger partial charge in [-0.05, 0) is 24.8 Å². The molecule has 3 aromatic rings. The van der Waals surface area contributed by atoms with Crippen molar-refractivity contribution in [1.82, 2.24) is 5.16 Å². The van der Waals surface area contributed by atoms with Gasteiger partial charge in [0.2, 0.25) is 5.78 Å². The smallest absolute Gasteiger partial charge is 0.208 e. The quantitative estimate of drug-likeness (QED) is 0.579. The third-order valence-corrected chi connectivity index (χ3v) is 4.69. The molecule has 2 aromatic heterocycles. The summed E-state index contributed by atoms with van der Waals surface area (Å²) in [6.07, 6.45) is 2.77. The monoisotopic (exact) mass is 325 g/mol. The molecule has 1 aromatic carbocycles. The van der Waals surface area contributed by atoms with Crippen molar-refractivity contribution in [1.29, 1.82) is 0 Å². The molecule has 2 heterocycles. The Hall–Kier alpha value is -2.20. The van der Waals surface area contributed by atoms with Gasteiger partial charge in [0, 0.05) is 12.0 Å². The maximum Gasteiger partial charge on any atom is 0.208 e. The number of hydrogen-bond acceptors (Lipinski definition) is 4. The van der Waals surface area contributed by atoms with E-state index < -0.39 is 0 Å². The van der Waals surface area contributed by atoms with E-state index in [9.17, 15) is 4.79 Å². The third kappa shape index (κ3) is 3.27. The Morgan fingerprint density at radius 2 is 2.00 bits per heavy atom. The first-order chi connectivity index (χ1) is 11.2. The lowest BCUT2D eigenvalue weighted by molar-refractivity contribution is 0.104. The molecule has 0 radical (unpaired) electrons. The largest absolute Gasteiger partial charge is 0.360 e. The van der Waals surface area contributed by atoms with Crippen LogP contribution in [0.5, 0.6) is 0 Å². The molecule has 0 saturated heterocycles. The average Bonchev–Trinajstić information content (AvgIpc) is 3.23. The van der Waals surface area contributed by atoms with Crippen molar-refractivity contribution in [2.75, 3.05) is 0 Å². The van der Waals surface area contributed by atoms with Crippen LogP contribution in [0, 0.1) is 6.92 Å². The Bertz CT molecular complexity index is 785. The standard InChI is InChI=1S/C19H19NO2S/c1-3-4-6-15-17(19(21)16-7-5-12-23-16)18(20-22-15)14-10-8-13(2)9-11-14/h5,7-12H,3-4,6H2,1-2H3. The summed E-state index contributed by atoms with van der Waals surface area (Å²) in [6.45, 7) is 4.16. The van der Waals surface area contributed by atoms with Gasteiger partial charge in [-0.1, -0.05) is 54.4 Å². The fourth-order valence-electron chi connectivity index (χ4n) is 2.51. The van der Waals surface area contributed by atoms with Crippen LogP contribution in [-0.4, -0.2) is 10.9 Å². The van der Waals surface area contributed by atoms with Crippen LogP contribution in [0.15, 0.2) is 46.3 Å². The molecular formula is C19H19NO2S. The van der Waals surface area contributed by atoms with Gasteiger partial charge in [0.25, 0.3) is 0 Å². The summed E-state index contributed by atoms with van der Waals surface area (Å²) in [5, 5.41) is 6.12. The minimum Gasteiger partial charge on any atom is -0.360 e. The lowest BCUT2D eigenvalue weighted by atomic mass is 9.99. The lowest BCUT2D eigenvalue weighted by Crippen LogP contribution is -2.03. The molecule has 0 aliphatic carbocycles. The molecule has 0 spiro atoms. The highest BCUT2D eigenvalue weighted by atomic mass is 32.1. The first kappa shape index (κ1) is 15.7. The zero-order valence-electron chi connectivity index (χ0n) is 13.3. The number of rotatable bonds is 6. The topological polar surface area (TPSA) is 43.1 Å². The highest BCUT2D eigenvalue weighted by molar-refractivity contribution is 7.12. The van der Waals surface area contributed by atoms with Crippen LogP contribution in [0.3, 0.4) is 0 Å². The normalized spacial score (nSPS) is 10.9. The molecule has 0 fully saturated rings. The van der Waals surface area contributed by atoms with E-state index in [-0.39, 0.29) is 5.78 Å². The minimum absolute atomic E-state index is 0.00271. The Kier molecular flexibility index (Phi) is 4.72. The summed E-state index contributed by atoms with van der Waals surface area (Å²) >= 11 is 1.45. The summed E-state index contributed by atoms with van der Waals surface area (Å²) < 4.78 is 5.54. The highest BCUT2D eigenvalue weighted by Gasteiger charge is 2.25. The number of benzene rings is 1. The number of nitrogens with zero attached hydrogens (tertiary/aromatic N) is 1. The van der Waals surface area contributed by atoms with Crippen molar-refractivity contribution < 1.29 is 9.32 Å². The first-order valence-corrected chi connectivity index (χ1v) is 8.72. The van der Waals surface area contributed by atoms with Gasteiger partial charge in [0.1, 0.15) is 11.5 Å². The van der Waals surface area contributed by atoms with E-state index in [1.165, 1.54) is 16.9 Å². The molecule has 3 nitrogen and oxygen atoms in total. The van der Waals surface area contributed by atoms with E-state index in [2.05, 4.69) is 12.1 Å². The second kappa shape index (κ2) is 6.92. The molecule has 0 amide bonds. The highest BCUT2D eigenvalue weighted by Crippen LogP contribution is 2.30. The van der Waals surface area contributed by atoms with Gasteiger partial charge in [-0.25, -0.2) is 0 Å². The van der Waals surface area contributed by atoms with Crippen LogP contribution in [0.1, 0.15) is 46.3 Å². The van der Waals surface area contributed by atoms with Gasteiger partial charge in [-0.15, -0.1) is 11.3 Å². The second-order valence-corrected chi connectivity index (χ2v) is 6.55. The van der Waals surface area contributed by atoms with Gasteiger partial charge in [-0.3, -0.25) is 4.79 Å². The molecule has 0 aliphatic rings. The number of thiophene rings is 1. The van der Waals surface area contributed by atoms with Crippen LogP contribution in [0.25, 0.3) is 11.3 Å². The molecular weight excluding hydrogens is 306 g/mol. The fourth-order valence-corrected chi connectivity index (χ4v) is 3.18. The number of aryl methyl sites for hydroxylation is 2. The predicted octanol–water partition coefficient (Wildman–Crippen LogP) is 5.29. The van der Waals surface area contributed by atoms with Gasteiger partial charge in [0.15, 0.2) is 0 Å². The average molecular weight is 325 g/mol. The van der Waals surface area contributed by atoms with Crippen molar-refractivity contribution in [2.24, 2.45) is 0 Å². The molecule has 0 atom stereocenters. The van der Waals surface area contributed by atoms with Crippen LogP contribution < -0.4 is 0 Å². The minimum atomic E-state index is 0.00271. The van der Waals surface area contributed by atoms with Crippen molar-refractivity contribution in [2.45, 2.75) is 33.1 Å². The van der Waals surface area contributed by atoms with Crippen LogP contribution in [0.4, 0.5) is 0 Å². The van der Waals surface area contributed by atoms with E-state index in [1.54, 1.807) is 0 Å². The summed E-state index contributed by atoms with van der Waals surface area (Å²) in [5.74, 6) is 0.698. The molecule has 0 aliphatic heterocycles. The van der Waals surface area contributed by atoms with Crippen molar-refractivity contribution in [3.63, 3.8) is 0 Å². The molecule has 0 bridgehead atoms. The maximum atomic E-state index is 12.9. The van der Waals surface area contributed by atoms with Crippen LogP contribution in [0.2, 0.25) is 0 Å². The maximum absolute atomic E-state index is 12.9. The molecule has 118 valence electrons. The number of carbonyl (C=O) groups is 1. The molecule has 23 heavy (non-hydrogen) atoms. The zero-order valence-corrected chi connectivity index (χ0v) is 14.2. The summed E-state index contributed by atoms with van der Waals surface area (Å²) in [6, 6.07) is 11.8. The Morgan fingerprint density at radius 1 is 1.22 bits per heavy atom. The number of unbranched alkanes of at least 4 members (excludes halogenated alkanes) is 1. The summed E-state index contributed by atoms with van der Waals surface area (Å²) in [4.78, 5) is 13.6. The number of ketones is 1. The molecule has 0 N–H and O–H groups in total. The Labute approximate surface area is 140 Å². The molecule has 0 saturated carbocycles. The third-order valence-electron chi connectivity index (χ3n) is 3.82. The summed E-state index contributed by atoms with van der Waals surface area (Å²) in [5.41, 5.74) is 3.36. The number of carbonyl (C=O) groups excluding carboxylic acids is 1. The van der Waals surface area contributed by atoms with Crippen molar-refractivity contribution in [3.8, 4) is 11.3 Å². The van der Waals surface area contributed by atoms with E-state index in [0.29, 0.717) is 17.0 Å². The molecule has 3 rings (SSSR count). The van der Waals surface area contributed by atoms with Gasteiger partial charge >= 0.3 is 0 Å². The first-order valence-electron chi connectivity index (χ1n) is 7.84. The molecule has 4 heteroatoms. The van der Waals surface area contributed by atoms with Crippen molar-refractivity contribution in [3.05, 3.63) is 63.5 Å². The molecule has 0 unspecified atom stereocenters. The van der Waals surface area contributed by atoms with Crippen molar-refractivity contribution >= 4 is 17.1 Å². The number of hydrogen-bond donors (Lipinski definition) is 0. The van der Waals surface area contributed by atoms with Gasteiger partial charge in [0.05, 0.1) is 10.4 Å². The van der Waals surface area contributed by atoms with Crippen LogP contribution >= 0.6 is 11.3 Å². The SMILES string of the molecule is CCCCc1onc(-c2ccc(C)cc2)c1C(=O)c1cccs1. The lowest BCUT2D eigenvalue weighted by Gasteiger charge is -2.03. The fraction of sp³-hybridized carbons (Fsp3) is 0.263. The van der Waals surface area contributed by atoms with E-state index in [0.717, 1.165) is 29.7 Å². The predicted molar refractivity (Wildman–Crippen MR) is 93.0 cm³/mol. The van der Waals surface area contributed by atoms with E-state index in [4.69, 9.17) is 4.52 Å². The Balaban J connectivity index is 2.07. The summed E-state index contributed by atoms with van der Waals surface area (Å²) in [7, 11) is 0. The second-order valence-electron chi connectivity index (χ2n) is 5.61. The van der Waals surface area contributed by atoms with Gasteiger partial charge in [-0.2, -0.15) is 0 Å². The van der Waals surface area contributed by atoms with Gasteiger partial charge < -0.3 is 4.52 Å². The van der Waals surface area contributed by atoms with E-state index in [1.807, 2.05) is 48.7 Å². The van der Waals surface area contributed by atoms with Crippen LogP contribution in [-0.2, 0) is 6.42 Å². The van der Waals surface area contributed by atoms with E-state index >= 15 is 0 Å². The Morgan fingerprint density at radius 3 is 2.65 bits per heavy atom. The number of aromatic nitrogens is 1. The zero-order chi connectivity index (χ0) is 16.2.